The van der Waals surface area contributed by atoms with Crippen LogP contribution in [0.3, 0.4) is 0 Å². The van der Waals surface area contributed by atoms with Gasteiger partial charge in [-0.3, -0.25) is 4.79 Å². The van der Waals surface area contributed by atoms with E-state index in [-0.39, 0.29) is 5.91 Å². The zero-order valence-electron chi connectivity index (χ0n) is 11.9. The molecule has 1 aromatic carbocycles. The average molecular weight is 286 g/mol. The molecule has 0 atom stereocenters. The van der Waals surface area contributed by atoms with Gasteiger partial charge in [0.1, 0.15) is 11.2 Å². The molecule has 0 bridgehead atoms. The minimum Gasteiger partial charge on any atom is -0.491 e. The molecular weight excluding hydrogens is 268 g/mol. The van der Waals surface area contributed by atoms with E-state index in [2.05, 4.69) is 6.07 Å². The fraction of sp³-hybridized carbons (Fsp3) is 0.500. The predicted octanol–water partition coefficient (Wildman–Crippen LogP) is 2.12. The van der Waals surface area contributed by atoms with Gasteiger partial charge in [0.05, 0.1) is 18.4 Å². The monoisotopic (exact) mass is 286 g/mol. The number of nitriles is 1. The Balaban J connectivity index is 1.95. The van der Waals surface area contributed by atoms with Gasteiger partial charge in [0, 0.05) is 19.8 Å². The summed E-state index contributed by atoms with van der Waals surface area (Å²) in [6.07, 6.45) is 1.68. The first-order valence-electron chi connectivity index (χ1n) is 7.30. The molecule has 5 nitrogen and oxygen atoms in total. The Morgan fingerprint density at radius 1 is 1.24 bits per heavy atom. The SMILES string of the molecule is N#CC1(C(=O)N2CCCOc3ccccc32)CCOCC1. The van der Waals surface area contributed by atoms with Gasteiger partial charge in [-0.05, 0) is 31.4 Å². The van der Waals surface area contributed by atoms with Gasteiger partial charge >= 0.3 is 0 Å². The zero-order valence-corrected chi connectivity index (χ0v) is 11.9. The van der Waals surface area contributed by atoms with Crippen molar-refractivity contribution in [2.75, 3.05) is 31.3 Å². The molecule has 2 aliphatic rings. The lowest BCUT2D eigenvalue weighted by atomic mass is 9.80. The van der Waals surface area contributed by atoms with Gasteiger partial charge in [-0.2, -0.15) is 5.26 Å². The van der Waals surface area contributed by atoms with E-state index in [1.165, 1.54) is 0 Å². The van der Waals surface area contributed by atoms with Gasteiger partial charge in [-0.1, -0.05) is 12.1 Å². The normalized spacial score (nSPS) is 20.6. The minimum atomic E-state index is -0.963. The Kier molecular flexibility index (Phi) is 3.80. The van der Waals surface area contributed by atoms with Crippen LogP contribution in [0.1, 0.15) is 19.3 Å². The maximum Gasteiger partial charge on any atom is 0.247 e. The molecule has 2 aliphatic heterocycles. The van der Waals surface area contributed by atoms with E-state index in [9.17, 15) is 10.1 Å². The Morgan fingerprint density at radius 2 is 2.00 bits per heavy atom. The molecule has 3 rings (SSSR count). The molecular formula is C16H18N2O3. The Morgan fingerprint density at radius 3 is 2.76 bits per heavy atom. The number of amides is 1. The van der Waals surface area contributed by atoms with Crippen molar-refractivity contribution in [1.82, 2.24) is 0 Å². The van der Waals surface area contributed by atoms with E-state index in [1.54, 1.807) is 4.90 Å². The highest BCUT2D eigenvalue weighted by Crippen LogP contribution is 2.37. The molecule has 0 radical (unpaired) electrons. The maximum atomic E-state index is 13.0. The summed E-state index contributed by atoms with van der Waals surface area (Å²) < 4.78 is 11.0. The first-order chi connectivity index (χ1) is 10.3. The highest BCUT2D eigenvalue weighted by atomic mass is 16.5. The molecule has 0 unspecified atom stereocenters. The molecule has 0 N–H and O–H groups in total. The molecule has 110 valence electrons. The van der Waals surface area contributed by atoms with Crippen LogP contribution in [-0.2, 0) is 9.53 Å². The quantitative estimate of drug-likeness (QED) is 0.793. The topological polar surface area (TPSA) is 62.6 Å². The summed E-state index contributed by atoms with van der Waals surface area (Å²) in [4.78, 5) is 14.7. The lowest BCUT2D eigenvalue weighted by molar-refractivity contribution is -0.129. The smallest absolute Gasteiger partial charge is 0.247 e. The first kappa shape index (κ1) is 13.9. The third kappa shape index (κ3) is 2.47. The van der Waals surface area contributed by atoms with Crippen LogP contribution in [-0.4, -0.2) is 32.3 Å². The standard InChI is InChI=1S/C16H18N2O3/c17-12-16(6-10-20-11-7-16)15(19)18-8-3-9-21-14-5-2-1-4-13(14)18/h1-2,4-5H,3,6-11H2. The second-order valence-corrected chi connectivity index (χ2v) is 5.43. The Bertz CT molecular complexity index is 573. The van der Waals surface area contributed by atoms with Crippen LogP contribution in [0.4, 0.5) is 5.69 Å². The van der Waals surface area contributed by atoms with Crippen LogP contribution < -0.4 is 9.64 Å². The summed E-state index contributed by atoms with van der Waals surface area (Å²) in [5.41, 5.74) is -0.198. The number of rotatable bonds is 1. The lowest BCUT2D eigenvalue weighted by Crippen LogP contribution is -2.46. The highest BCUT2D eigenvalue weighted by Gasteiger charge is 2.44. The van der Waals surface area contributed by atoms with Crippen molar-refractivity contribution in [3.63, 3.8) is 0 Å². The molecule has 1 saturated heterocycles. The summed E-state index contributed by atoms with van der Waals surface area (Å²) in [6, 6.07) is 9.77. The van der Waals surface area contributed by atoms with Crippen molar-refractivity contribution in [3.8, 4) is 11.8 Å². The summed E-state index contributed by atoms with van der Waals surface area (Å²) in [5, 5.41) is 9.58. The Hall–Kier alpha value is -2.06. The van der Waals surface area contributed by atoms with E-state index in [4.69, 9.17) is 9.47 Å². The van der Waals surface area contributed by atoms with Crippen molar-refractivity contribution < 1.29 is 14.3 Å². The maximum absolute atomic E-state index is 13.0. The van der Waals surface area contributed by atoms with Crippen LogP contribution in [0.2, 0.25) is 0 Å². The van der Waals surface area contributed by atoms with E-state index in [1.807, 2.05) is 24.3 Å². The third-order valence-corrected chi connectivity index (χ3v) is 4.15. The van der Waals surface area contributed by atoms with Gasteiger partial charge in [0.15, 0.2) is 0 Å². The third-order valence-electron chi connectivity index (χ3n) is 4.15. The van der Waals surface area contributed by atoms with E-state index < -0.39 is 5.41 Å². The fourth-order valence-electron chi connectivity index (χ4n) is 2.89. The largest absolute Gasteiger partial charge is 0.491 e. The van der Waals surface area contributed by atoms with E-state index >= 15 is 0 Å². The lowest BCUT2D eigenvalue weighted by Gasteiger charge is -2.34. The van der Waals surface area contributed by atoms with Crippen LogP contribution in [0.5, 0.6) is 5.75 Å². The summed E-state index contributed by atoms with van der Waals surface area (Å²) >= 11 is 0. The molecule has 5 heteroatoms. The number of anilines is 1. The minimum absolute atomic E-state index is 0.119. The van der Waals surface area contributed by atoms with Gasteiger partial charge in [-0.15, -0.1) is 0 Å². The molecule has 0 aromatic heterocycles. The van der Waals surface area contributed by atoms with Crippen LogP contribution in [0.25, 0.3) is 0 Å². The number of carbonyl (C=O) groups excluding carboxylic acids is 1. The van der Waals surface area contributed by atoms with E-state index in [0.29, 0.717) is 45.0 Å². The van der Waals surface area contributed by atoms with Crippen molar-refractivity contribution in [2.24, 2.45) is 5.41 Å². The molecule has 2 heterocycles. The van der Waals surface area contributed by atoms with E-state index in [0.717, 1.165) is 12.1 Å². The second-order valence-electron chi connectivity index (χ2n) is 5.43. The van der Waals surface area contributed by atoms with Crippen molar-refractivity contribution >= 4 is 11.6 Å². The molecule has 0 saturated carbocycles. The average Bonchev–Trinajstić information content (AvgIpc) is 2.77. The van der Waals surface area contributed by atoms with Gasteiger partial charge in [-0.25, -0.2) is 0 Å². The number of nitrogens with zero attached hydrogens (tertiary/aromatic N) is 2. The second kappa shape index (κ2) is 5.74. The summed E-state index contributed by atoms with van der Waals surface area (Å²) in [5.74, 6) is 0.592. The number of benzene rings is 1. The number of hydrogen-bond donors (Lipinski definition) is 0. The van der Waals surface area contributed by atoms with Gasteiger partial charge in [0.2, 0.25) is 5.91 Å². The number of carbonyl (C=O) groups is 1. The van der Waals surface area contributed by atoms with Gasteiger partial charge < -0.3 is 14.4 Å². The van der Waals surface area contributed by atoms with Gasteiger partial charge in [0.25, 0.3) is 0 Å². The summed E-state index contributed by atoms with van der Waals surface area (Å²) in [7, 11) is 0. The molecule has 1 amide bonds. The zero-order chi connectivity index (χ0) is 14.7. The number of hydrogen-bond acceptors (Lipinski definition) is 4. The van der Waals surface area contributed by atoms with Crippen molar-refractivity contribution in [2.45, 2.75) is 19.3 Å². The Labute approximate surface area is 124 Å². The van der Waals surface area contributed by atoms with Crippen LogP contribution in [0, 0.1) is 16.7 Å². The number of ether oxygens (including phenoxy) is 2. The molecule has 0 aliphatic carbocycles. The van der Waals surface area contributed by atoms with Crippen molar-refractivity contribution in [3.05, 3.63) is 24.3 Å². The highest BCUT2D eigenvalue weighted by molar-refractivity contribution is 6.00. The van der Waals surface area contributed by atoms with Crippen LogP contribution >= 0.6 is 0 Å². The first-order valence-corrected chi connectivity index (χ1v) is 7.30. The number of para-hydroxylation sites is 2. The van der Waals surface area contributed by atoms with Crippen LogP contribution in [0.15, 0.2) is 24.3 Å². The van der Waals surface area contributed by atoms with Crippen molar-refractivity contribution in [1.29, 1.82) is 5.26 Å². The molecule has 0 spiro atoms. The molecule has 1 fully saturated rings. The predicted molar refractivity (Wildman–Crippen MR) is 77.0 cm³/mol. The molecule has 1 aromatic rings. The fourth-order valence-corrected chi connectivity index (χ4v) is 2.89. The summed E-state index contributed by atoms with van der Waals surface area (Å²) in [6.45, 7) is 2.10. The number of fused-ring (bicyclic) bond motifs is 1. The molecule has 21 heavy (non-hydrogen) atoms.